The van der Waals surface area contributed by atoms with Crippen LogP contribution in [0.5, 0.6) is 0 Å². The molecule has 4 nitrogen and oxygen atoms in total. The first-order valence-electron chi connectivity index (χ1n) is 8.68. The second-order valence-corrected chi connectivity index (χ2v) is 6.18. The first kappa shape index (κ1) is 21.0. The van der Waals surface area contributed by atoms with Crippen LogP contribution in [0.15, 0.2) is 60.3 Å². The molecule has 28 heavy (non-hydrogen) atoms. The van der Waals surface area contributed by atoms with Crippen molar-refractivity contribution in [1.82, 2.24) is 5.32 Å². The summed E-state index contributed by atoms with van der Waals surface area (Å²) in [6, 6.07) is 13.6. The third-order valence-electron chi connectivity index (χ3n) is 4.20. The van der Waals surface area contributed by atoms with E-state index in [1.807, 2.05) is 31.2 Å². The Morgan fingerprint density at radius 3 is 2.25 bits per heavy atom. The summed E-state index contributed by atoms with van der Waals surface area (Å²) in [7, 11) is 0. The summed E-state index contributed by atoms with van der Waals surface area (Å²) in [5, 5.41) is 14.6. The molecular formula is C21H20F3N3O. The third kappa shape index (κ3) is 5.61. The zero-order valence-corrected chi connectivity index (χ0v) is 15.5. The number of aryl methyl sites for hydroxylation is 1. The molecule has 0 saturated heterocycles. The monoisotopic (exact) mass is 387 g/mol. The van der Waals surface area contributed by atoms with Gasteiger partial charge in [-0.15, -0.1) is 0 Å². The van der Waals surface area contributed by atoms with Crippen LogP contribution in [0.3, 0.4) is 0 Å². The first-order valence-corrected chi connectivity index (χ1v) is 8.68. The molecule has 1 unspecified atom stereocenters. The number of anilines is 1. The normalized spacial score (nSPS) is 12.8. The number of halogens is 3. The Morgan fingerprint density at radius 1 is 1.14 bits per heavy atom. The van der Waals surface area contributed by atoms with Crippen LogP contribution >= 0.6 is 0 Å². The van der Waals surface area contributed by atoms with Crippen molar-refractivity contribution in [3.8, 4) is 6.07 Å². The number of hydrogen-bond acceptors (Lipinski definition) is 3. The fourth-order valence-corrected chi connectivity index (χ4v) is 2.46. The number of hydrogen-bond donors (Lipinski definition) is 2. The van der Waals surface area contributed by atoms with E-state index in [-0.39, 0.29) is 11.6 Å². The Balaban J connectivity index is 2.02. The van der Waals surface area contributed by atoms with Crippen molar-refractivity contribution in [3.05, 3.63) is 77.0 Å². The van der Waals surface area contributed by atoms with Crippen molar-refractivity contribution >= 4 is 11.6 Å². The van der Waals surface area contributed by atoms with Crippen molar-refractivity contribution in [2.75, 3.05) is 5.32 Å². The van der Waals surface area contributed by atoms with E-state index in [0.717, 1.165) is 24.1 Å². The van der Waals surface area contributed by atoms with Gasteiger partial charge in [0.2, 0.25) is 0 Å². The molecule has 0 aliphatic rings. The van der Waals surface area contributed by atoms with Gasteiger partial charge in [-0.3, -0.25) is 4.79 Å². The van der Waals surface area contributed by atoms with Crippen molar-refractivity contribution in [2.45, 2.75) is 32.5 Å². The van der Waals surface area contributed by atoms with Crippen molar-refractivity contribution in [3.63, 3.8) is 0 Å². The molecule has 2 rings (SSSR count). The number of nitriles is 1. The highest BCUT2D eigenvalue weighted by Gasteiger charge is 2.29. The van der Waals surface area contributed by atoms with Gasteiger partial charge in [0.25, 0.3) is 5.91 Å². The second kappa shape index (κ2) is 9.09. The van der Waals surface area contributed by atoms with Crippen LogP contribution in [0.25, 0.3) is 0 Å². The minimum absolute atomic E-state index is 0.183. The van der Waals surface area contributed by atoms with E-state index in [4.69, 9.17) is 0 Å². The largest absolute Gasteiger partial charge is 0.416 e. The Bertz CT molecular complexity index is 879. The highest BCUT2D eigenvalue weighted by molar-refractivity contribution is 5.97. The van der Waals surface area contributed by atoms with Gasteiger partial charge in [0.1, 0.15) is 11.6 Å². The third-order valence-corrected chi connectivity index (χ3v) is 4.20. The topological polar surface area (TPSA) is 64.9 Å². The van der Waals surface area contributed by atoms with Crippen molar-refractivity contribution in [1.29, 1.82) is 5.26 Å². The maximum atomic E-state index is 12.6. The molecule has 0 aliphatic carbocycles. The smallest absolute Gasteiger partial charge is 0.360 e. The van der Waals surface area contributed by atoms with Crippen molar-refractivity contribution < 1.29 is 18.0 Å². The van der Waals surface area contributed by atoms with E-state index in [2.05, 4.69) is 10.6 Å². The number of nitrogens with zero attached hydrogens (tertiary/aromatic N) is 1. The number of alkyl halides is 3. The maximum Gasteiger partial charge on any atom is 0.416 e. The van der Waals surface area contributed by atoms with E-state index in [9.17, 15) is 23.2 Å². The van der Waals surface area contributed by atoms with Crippen LogP contribution in [0.1, 0.15) is 36.6 Å². The van der Waals surface area contributed by atoms with Crippen LogP contribution in [0.4, 0.5) is 18.9 Å². The van der Waals surface area contributed by atoms with E-state index in [1.165, 1.54) is 23.9 Å². The molecule has 0 bridgehead atoms. The Labute approximate surface area is 161 Å². The molecule has 1 atom stereocenters. The van der Waals surface area contributed by atoms with E-state index in [0.29, 0.717) is 5.69 Å². The summed E-state index contributed by atoms with van der Waals surface area (Å²) in [5.74, 6) is -0.575. The zero-order chi connectivity index (χ0) is 20.7. The summed E-state index contributed by atoms with van der Waals surface area (Å²) in [6.45, 7) is 3.85. The zero-order valence-electron chi connectivity index (χ0n) is 15.5. The highest BCUT2D eigenvalue weighted by atomic mass is 19.4. The highest BCUT2D eigenvalue weighted by Crippen LogP contribution is 2.29. The molecule has 0 aliphatic heterocycles. The molecular weight excluding hydrogens is 367 g/mol. The van der Waals surface area contributed by atoms with Gasteiger partial charge < -0.3 is 10.6 Å². The van der Waals surface area contributed by atoms with Gasteiger partial charge in [-0.05, 0) is 48.7 Å². The fourth-order valence-electron chi connectivity index (χ4n) is 2.46. The minimum atomic E-state index is -4.42. The molecule has 0 saturated carbocycles. The molecule has 0 radical (unpaired) electrons. The summed E-state index contributed by atoms with van der Waals surface area (Å²) in [4.78, 5) is 12.3. The van der Waals surface area contributed by atoms with E-state index >= 15 is 0 Å². The average molecular weight is 387 g/mol. The average Bonchev–Trinajstić information content (AvgIpc) is 2.68. The number of nitrogens with one attached hydrogen (secondary N) is 2. The lowest BCUT2D eigenvalue weighted by Crippen LogP contribution is -2.28. The fraction of sp³-hybridized carbons (Fsp3) is 0.238. The number of carbonyl (C=O) groups excluding carboxylic acids is 1. The molecule has 2 aromatic rings. The standard InChI is InChI=1S/C21H20F3N3O/c1-3-15-4-6-16(7-5-15)14(2)27-20(28)17(12-25)13-26-19-10-8-18(9-11-19)21(22,23)24/h4-11,13-14,26H,3H2,1-2H3,(H,27,28)/b17-13-. The lowest BCUT2D eigenvalue weighted by Gasteiger charge is -2.14. The van der Waals surface area contributed by atoms with Crippen LogP contribution in [0, 0.1) is 11.3 Å². The second-order valence-electron chi connectivity index (χ2n) is 6.18. The van der Waals surface area contributed by atoms with Gasteiger partial charge in [0, 0.05) is 11.9 Å². The van der Waals surface area contributed by atoms with Gasteiger partial charge in [0.05, 0.1) is 11.6 Å². The first-order chi connectivity index (χ1) is 13.2. The van der Waals surface area contributed by atoms with Gasteiger partial charge in [-0.2, -0.15) is 18.4 Å². The quantitative estimate of drug-likeness (QED) is 0.544. The van der Waals surface area contributed by atoms with Gasteiger partial charge in [-0.1, -0.05) is 31.2 Å². The summed E-state index contributed by atoms with van der Waals surface area (Å²) in [5.41, 5.74) is 1.45. The molecule has 7 heteroatoms. The van der Waals surface area contributed by atoms with E-state index in [1.54, 1.807) is 13.0 Å². The number of benzene rings is 2. The van der Waals surface area contributed by atoms with Crippen LogP contribution < -0.4 is 10.6 Å². The Hall–Kier alpha value is -3.27. The van der Waals surface area contributed by atoms with Gasteiger partial charge in [0.15, 0.2) is 0 Å². The molecule has 0 aromatic heterocycles. The Morgan fingerprint density at radius 2 is 1.75 bits per heavy atom. The van der Waals surface area contributed by atoms with Gasteiger partial charge in [-0.25, -0.2) is 0 Å². The van der Waals surface area contributed by atoms with Gasteiger partial charge >= 0.3 is 6.18 Å². The summed E-state index contributed by atoms with van der Waals surface area (Å²) in [6.07, 6.45) is -2.33. The summed E-state index contributed by atoms with van der Waals surface area (Å²) < 4.78 is 37.7. The molecule has 0 spiro atoms. The Kier molecular flexibility index (Phi) is 6.83. The van der Waals surface area contributed by atoms with Crippen LogP contribution in [0.2, 0.25) is 0 Å². The maximum absolute atomic E-state index is 12.6. The molecule has 2 N–H and O–H groups in total. The lowest BCUT2D eigenvalue weighted by atomic mass is 10.0. The van der Waals surface area contributed by atoms with Crippen molar-refractivity contribution in [2.24, 2.45) is 0 Å². The number of carbonyl (C=O) groups is 1. The SMILES string of the molecule is CCc1ccc(C(C)NC(=O)/C(C#N)=C\Nc2ccc(C(F)(F)F)cc2)cc1. The minimum Gasteiger partial charge on any atom is -0.360 e. The summed E-state index contributed by atoms with van der Waals surface area (Å²) >= 11 is 0. The lowest BCUT2D eigenvalue weighted by molar-refractivity contribution is -0.137. The predicted molar refractivity (Wildman–Crippen MR) is 101 cm³/mol. The molecule has 146 valence electrons. The molecule has 2 aromatic carbocycles. The van der Waals surface area contributed by atoms with Crippen LogP contribution in [-0.2, 0) is 17.4 Å². The number of amides is 1. The molecule has 0 fully saturated rings. The molecule has 1 amide bonds. The van der Waals surface area contributed by atoms with E-state index < -0.39 is 17.6 Å². The van der Waals surface area contributed by atoms with Crippen LogP contribution in [-0.4, -0.2) is 5.91 Å². The predicted octanol–water partition coefficient (Wildman–Crippen LogP) is 4.96. The number of rotatable bonds is 6. The molecule has 0 heterocycles.